The lowest BCUT2D eigenvalue weighted by Gasteiger charge is -2.31. The first kappa shape index (κ1) is 21.5. The molecule has 1 aliphatic rings. The molecular formula is C21H21N7O3S. The molecule has 0 radical (unpaired) electrons. The van der Waals surface area contributed by atoms with Crippen LogP contribution in [0.3, 0.4) is 0 Å². The molecule has 0 aliphatic heterocycles. The molecule has 11 heteroatoms. The summed E-state index contributed by atoms with van der Waals surface area (Å²) < 4.78 is 0.758. The largest absolute Gasteiger partial charge is 0.465 e. The molecule has 0 unspecified atom stereocenters. The highest BCUT2D eigenvalue weighted by molar-refractivity contribution is 7.17. The van der Waals surface area contributed by atoms with Gasteiger partial charge < -0.3 is 21.1 Å². The lowest BCUT2D eigenvalue weighted by molar-refractivity contribution is 0.102. The predicted molar refractivity (Wildman–Crippen MR) is 120 cm³/mol. The second kappa shape index (κ2) is 9.15. The van der Waals surface area contributed by atoms with E-state index in [1.54, 1.807) is 30.6 Å². The SMILES string of the molecule is Cc1nc(NC(=O)c2csc3cnc(N[C@@H]4CCCC[C@@H]4NC(=O)O)nc23)ccc1C#N. The third-order valence-corrected chi connectivity index (χ3v) is 6.30. The van der Waals surface area contributed by atoms with Crippen LogP contribution < -0.4 is 16.0 Å². The standard InChI is InChI=1S/C21H21N7O3S/c1-11-12(8-22)6-7-17(24-11)27-19(29)13-10-32-16-9-23-20(28-18(13)16)25-14-4-2-3-5-15(14)26-21(30)31/h6-7,9-10,14-15,26H,2-5H2,1H3,(H,30,31)(H,23,25,28)(H,24,27,29)/t14-,15+/m1/s1. The number of hydrogen-bond donors (Lipinski definition) is 4. The highest BCUT2D eigenvalue weighted by Crippen LogP contribution is 2.27. The Hall–Kier alpha value is -3.78. The van der Waals surface area contributed by atoms with Gasteiger partial charge in [-0.15, -0.1) is 11.3 Å². The molecule has 1 aliphatic carbocycles. The van der Waals surface area contributed by atoms with Gasteiger partial charge in [-0.3, -0.25) is 4.79 Å². The molecule has 4 rings (SSSR count). The number of amides is 2. The number of carbonyl (C=O) groups excluding carboxylic acids is 1. The summed E-state index contributed by atoms with van der Waals surface area (Å²) in [5.74, 6) is 0.338. The summed E-state index contributed by atoms with van der Waals surface area (Å²) in [6, 6.07) is 4.89. The lowest BCUT2D eigenvalue weighted by Crippen LogP contribution is -2.48. The van der Waals surface area contributed by atoms with E-state index in [4.69, 9.17) is 10.4 Å². The third-order valence-electron chi connectivity index (χ3n) is 5.40. The maximum absolute atomic E-state index is 12.9. The van der Waals surface area contributed by atoms with Crippen LogP contribution in [0.4, 0.5) is 16.6 Å². The first-order valence-electron chi connectivity index (χ1n) is 10.1. The van der Waals surface area contributed by atoms with Gasteiger partial charge in [-0.2, -0.15) is 5.26 Å². The summed E-state index contributed by atoms with van der Waals surface area (Å²) in [7, 11) is 0. The summed E-state index contributed by atoms with van der Waals surface area (Å²) in [5, 5.41) is 28.4. The molecule has 0 bridgehead atoms. The quantitative estimate of drug-likeness (QED) is 0.460. The zero-order chi connectivity index (χ0) is 22.7. The summed E-state index contributed by atoms with van der Waals surface area (Å²) in [6.45, 7) is 1.71. The van der Waals surface area contributed by atoms with Crippen LogP contribution in [-0.2, 0) is 0 Å². The zero-order valence-electron chi connectivity index (χ0n) is 17.3. The molecule has 4 N–H and O–H groups in total. The fourth-order valence-corrected chi connectivity index (χ4v) is 4.64. The van der Waals surface area contributed by atoms with E-state index in [9.17, 15) is 9.59 Å². The van der Waals surface area contributed by atoms with Gasteiger partial charge in [-0.25, -0.2) is 19.7 Å². The molecule has 1 fully saturated rings. The number of carbonyl (C=O) groups is 2. The number of thiophene rings is 1. The molecule has 0 spiro atoms. The molecule has 2 amide bonds. The number of nitrogens with zero attached hydrogens (tertiary/aromatic N) is 4. The van der Waals surface area contributed by atoms with E-state index in [1.165, 1.54) is 11.3 Å². The van der Waals surface area contributed by atoms with Crippen molar-refractivity contribution < 1.29 is 14.7 Å². The van der Waals surface area contributed by atoms with Crippen molar-refractivity contribution in [3.05, 3.63) is 40.5 Å². The number of nitriles is 1. The molecular weight excluding hydrogens is 430 g/mol. The second-order valence-corrected chi connectivity index (χ2v) is 8.45. The molecule has 3 aromatic rings. The van der Waals surface area contributed by atoms with Gasteiger partial charge in [0.25, 0.3) is 5.91 Å². The van der Waals surface area contributed by atoms with E-state index >= 15 is 0 Å². The van der Waals surface area contributed by atoms with Crippen molar-refractivity contribution in [2.75, 3.05) is 10.6 Å². The topological polar surface area (TPSA) is 153 Å². The maximum atomic E-state index is 12.9. The number of aryl methyl sites for hydroxylation is 1. The Bertz CT molecular complexity index is 1220. The molecule has 3 heterocycles. The van der Waals surface area contributed by atoms with E-state index in [2.05, 4.69) is 30.9 Å². The van der Waals surface area contributed by atoms with Crippen LogP contribution in [-0.4, -0.2) is 44.1 Å². The van der Waals surface area contributed by atoms with Crippen LogP contribution >= 0.6 is 11.3 Å². The Kier molecular flexibility index (Phi) is 6.13. The summed E-state index contributed by atoms with van der Waals surface area (Å²) in [4.78, 5) is 37.1. The van der Waals surface area contributed by atoms with Crippen molar-refractivity contribution in [2.24, 2.45) is 0 Å². The van der Waals surface area contributed by atoms with Crippen molar-refractivity contribution >= 4 is 45.3 Å². The highest BCUT2D eigenvalue weighted by atomic mass is 32.1. The fraction of sp³-hybridized carbons (Fsp3) is 0.333. The first-order chi connectivity index (χ1) is 15.4. The van der Waals surface area contributed by atoms with Gasteiger partial charge >= 0.3 is 6.09 Å². The number of aromatic nitrogens is 3. The van der Waals surface area contributed by atoms with E-state index in [1.807, 2.05) is 6.07 Å². The Morgan fingerprint density at radius 3 is 2.72 bits per heavy atom. The van der Waals surface area contributed by atoms with Crippen molar-refractivity contribution in [1.82, 2.24) is 20.3 Å². The molecule has 10 nitrogen and oxygen atoms in total. The Morgan fingerprint density at radius 2 is 2.00 bits per heavy atom. The first-order valence-corrected chi connectivity index (χ1v) is 11.0. The summed E-state index contributed by atoms with van der Waals surface area (Å²) in [5.41, 5.74) is 1.88. The third kappa shape index (κ3) is 4.60. The zero-order valence-corrected chi connectivity index (χ0v) is 18.1. The maximum Gasteiger partial charge on any atom is 0.404 e. The summed E-state index contributed by atoms with van der Waals surface area (Å²) in [6.07, 6.45) is 4.09. The van der Waals surface area contributed by atoms with E-state index in [0.29, 0.717) is 34.1 Å². The van der Waals surface area contributed by atoms with Gasteiger partial charge in [0.05, 0.1) is 39.3 Å². The molecule has 1 saturated carbocycles. The Morgan fingerprint density at radius 1 is 1.22 bits per heavy atom. The lowest BCUT2D eigenvalue weighted by atomic mass is 9.90. The average Bonchev–Trinajstić information content (AvgIpc) is 3.18. The van der Waals surface area contributed by atoms with E-state index in [0.717, 1.165) is 30.4 Å². The van der Waals surface area contributed by atoms with Crippen LogP contribution in [0.2, 0.25) is 0 Å². The minimum atomic E-state index is -1.05. The van der Waals surface area contributed by atoms with Gasteiger partial charge in [-0.05, 0) is 31.9 Å². The average molecular weight is 452 g/mol. The monoisotopic (exact) mass is 451 g/mol. The Balaban J connectivity index is 1.54. The predicted octanol–water partition coefficient (Wildman–Crippen LogP) is 3.51. The molecule has 32 heavy (non-hydrogen) atoms. The van der Waals surface area contributed by atoms with Crippen LogP contribution in [0.5, 0.6) is 0 Å². The van der Waals surface area contributed by atoms with Gasteiger partial charge in [0, 0.05) is 11.4 Å². The molecule has 2 atom stereocenters. The summed E-state index contributed by atoms with van der Waals surface area (Å²) >= 11 is 1.36. The number of fused-ring (bicyclic) bond motifs is 1. The van der Waals surface area contributed by atoms with Gasteiger partial charge in [0.15, 0.2) is 0 Å². The van der Waals surface area contributed by atoms with Gasteiger partial charge in [-0.1, -0.05) is 12.8 Å². The number of carboxylic acid groups (broad SMARTS) is 1. The highest BCUT2D eigenvalue weighted by Gasteiger charge is 2.27. The van der Waals surface area contributed by atoms with Gasteiger partial charge in [0.1, 0.15) is 11.9 Å². The smallest absolute Gasteiger partial charge is 0.404 e. The van der Waals surface area contributed by atoms with E-state index in [-0.39, 0.29) is 18.0 Å². The number of hydrogen-bond acceptors (Lipinski definition) is 8. The number of anilines is 2. The molecule has 3 aromatic heterocycles. The van der Waals surface area contributed by atoms with Gasteiger partial charge in [0.2, 0.25) is 5.95 Å². The van der Waals surface area contributed by atoms with E-state index < -0.39 is 6.09 Å². The fourth-order valence-electron chi connectivity index (χ4n) is 3.79. The molecule has 0 aromatic carbocycles. The normalized spacial score (nSPS) is 18.0. The van der Waals surface area contributed by atoms with Crippen LogP contribution in [0.15, 0.2) is 23.7 Å². The van der Waals surface area contributed by atoms with Crippen molar-refractivity contribution in [1.29, 1.82) is 5.26 Å². The van der Waals surface area contributed by atoms with Crippen LogP contribution in [0.25, 0.3) is 10.2 Å². The Labute approximate surface area is 187 Å². The van der Waals surface area contributed by atoms with Crippen LogP contribution in [0.1, 0.15) is 47.3 Å². The minimum Gasteiger partial charge on any atom is -0.465 e. The second-order valence-electron chi connectivity index (χ2n) is 7.54. The van der Waals surface area contributed by atoms with Crippen LogP contribution in [0, 0.1) is 18.3 Å². The molecule has 164 valence electrons. The number of pyridine rings is 1. The van der Waals surface area contributed by atoms with Crippen molar-refractivity contribution in [3.63, 3.8) is 0 Å². The minimum absolute atomic E-state index is 0.126. The van der Waals surface area contributed by atoms with Crippen molar-refractivity contribution in [3.8, 4) is 6.07 Å². The molecule has 0 saturated heterocycles. The number of nitrogens with one attached hydrogen (secondary N) is 3. The number of rotatable bonds is 5. The van der Waals surface area contributed by atoms with Crippen molar-refractivity contribution in [2.45, 2.75) is 44.7 Å².